The van der Waals surface area contributed by atoms with Gasteiger partial charge >= 0.3 is 0 Å². The number of hydrogen-bond donors (Lipinski definition) is 0. The molecule has 2 nitrogen and oxygen atoms in total. The van der Waals surface area contributed by atoms with Gasteiger partial charge in [-0.25, -0.2) is 4.98 Å². The fraction of sp³-hybridized carbons (Fsp3) is 0.556. The van der Waals surface area contributed by atoms with Crippen LogP contribution in [0.15, 0.2) is 6.20 Å². The lowest BCUT2D eigenvalue weighted by Gasteiger charge is -1.97. The van der Waals surface area contributed by atoms with Gasteiger partial charge in [0, 0.05) is 19.5 Å². The van der Waals surface area contributed by atoms with Gasteiger partial charge in [-0.1, -0.05) is 13.8 Å². The van der Waals surface area contributed by atoms with Gasteiger partial charge < -0.3 is 0 Å². The molecule has 0 spiro atoms. The third-order valence-corrected chi connectivity index (χ3v) is 2.60. The number of aromatic nitrogens is 1. The molecule has 0 atom stereocenters. The number of nitrogens with zero attached hydrogens (tertiary/aromatic N) is 1. The first-order chi connectivity index (χ1) is 5.59. The lowest BCUT2D eigenvalue weighted by atomic mass is 10.1. The summed E-state index contributed by atoms with van der Waals surface area (Å²) in [5.41, 5.74) is 0. The minimum Gasteiger partial charge on any atom is -0.294 e. The van der Waals surface area contributed by atoms with E-state index in [0.29, 0.717) is 5.92 Å². The molecule has 0 N–H and O–H groups in total. The molecule has 0 aliphatic rings. The standard InChI is InChI=1S/C9H13NOS/c1-6(2)4-9-10-5-8(12-9)7(3)11/h5-6H,4H2,1-3H3. The molecule has 3 heteroatoms. The Labute approximate surface area is 76.6 Å². The van der Waals surface area contributed by atoms with E-state index in [1.54, 1.807) is 13.1 Å². The molecule has 66 valence electrons. The molecule has 0 aliphatic heterocycles. The van der Waals surface area contributed by atoms with Crippen molar-refractivity contribution >= 4 is 17.1 Å². The van der Waals surface area contributed by atoms with Crippen LogP contribution in [0.5, 0.6) is 0 Å². The van der Waals surface area contributed by atoms with Crippen LogP contribution in [0.4, 0.5) is 0 Å². The normalized spacial score (nSPS) is 10.7. The maximum absolute atomic E-state index is 10.9. The predicted octanol–water partition coefficient (Wildman–Crippen LogP) is 2.54. The van der Waals surface area contributed by atoms with Crippen LogP contribution in [0.25, 0.3) is 0 Å². The van der Waals surface area contributed by atoms with Crippen molar-refractivity contribution in [3.8, 4) is 0 Å². The Bertz CT molecular complexity index is 278. The Morgan fingerprint density at radius 2 is 2.33 bits per heavy atom. The maximum atomic E-state index is 10.9. The zero-order valence-electron chi connectivity index (χ0n) is 7.63. The SMILES string of the molecule is CC(=O)c1cnc(CC(C)C)s1. The van der Waals surface area contributed by atoms with Crippen molar-refractivity contribution in [3.63, 3.8) is 0 Å². The lowest BCUT2D eigenvalue weighted by Crippen LogP contribution is -1.91. The van der Waals surface area contributed by atoms with E-state index in [4.69, 9.17) is 0 Å². The van der Waals surface area contributed by atoms with Crippen LogP contribution in [0.2, 0.25) is 0 Å². The number of ketones is 1. The molecule has 1 heterocycles. The first kappa shape index (κ1) is 9.39. The molecule has 0 amide bonds. The van der Waals surface area contributed by atoms with Crippen LogP contribution >= 0.6 is 11.3 Å². The van der Waals surface area contributed by atoms with Crippen molar-refractivity contribution in [1.29, 1.82) is 0 Å². The summed E-state index contributed by atoms with van der Waals surface area (Å²) in [6, 6.07) is 0. The predicted molar refractivity (Wildman–Crippen MR) is 50.7 cm³/mol. The molecular weight excluding hydrogens is 170 g/mol. The van der Waals surface area contributed by atoms with Crippen LogP contribution in [0.1, 0.15) is 35.5 Å². The summed E-state index contributed by atoms with van der Waals surface area (Å²) in [5, 5.41) is 1.07. The van der Waals surface area contributed by atoms with E-state index in [-0.39, 0.29) is 5.78 Å². The summed E-state index contributed by atoms with van der Waals surface area (Å²) in [4.78, 5) is 15.9. The zero-order chi connectivity index (χ0) is 9.14. The fourth-order valence-electron chi connectivity index (χ4n) is 0.917. The Kier molecular flexibility index (Phi) is 2.98. The van der Waals surface area contributed by atoms with Crippen LogP contribution in [-0.2, 0) is 6.42 Å². The summed E-state index contributed by atoms with van der Waals surface area (Å²) in [7, 11) is 0. The molecule has 0 bridgehead atoms. The lowest BCUT2D eigenvalue weighted by molar-refractivity contribution is 0.102. The number of hydrogen-bond acceptors (Lipinski definition) is 3. The Morgan fingerprint density at radius 1 is 1.67 bits per heavy atom. The molecule has 0 saturated carbocycles. The molecule has 1 rings (SSSR count). The first-order valence-corrected chi connectivity index (χ1v) is 4.87. The summed E-state index contributed by atoms with van der Waals surface area (Å²) < 4.78 is 0. The highest BCUT2D eigenvalue weighted by Gasteiger charge is 2.06. The van der Waals surface area contributed by atoms with Gasteiger partial charge in [0.05, 0.1) is 9.88 Å². The second kappa shape index (κ2) is 3.81. The van der Waals surface area contributed by atoms with Gasteiger partial charge in [-0.05, 0) is 5.92 Å². The summed E-state index contributed by atoms with van der Waals surface area (Å²) >= 11 is 1.51. The van der Waals surface area contributed by atoms with Gasteiger partial charge in [-0.2, -0.15) is 0 Å². The number of thiazole rings is 1. The van der Waals surface area contributed by atoms with Crippen LogP contribution in [-0.4, -0.2) is 10.8 Å². The number of Topliss-reactive ketones (excluding diaryl/α,β-unsaturated/α-hetero) is 1. The Morgan fingerprint density at radius 3 is 2.75 bits per heavy atom. The minimum atomic E-state index is 0.113. The van der Waals surface area contributed by atoms with Crippen molar-refractivity contribution in [2.75, 3.05) is 0 Å². The van der Waals surface area contributed by atoms with Gasteiger partial charge in [0.25, 0.3) is 0 Å². The van der Waals surface area contributed by atoms with Crippen molar-refractivity contribution in [2.24, 2.45) is 5.92 Å². The zero-order valence-corrected chi connectivity index (χ0v) is 8.44. The van der Waals surface area contributed by atoms with E-state index in [1.165, 1.54) is 11.3 Å². The summed E-state index contributed by atoms with van der Waals surface area (Å²) in [6.07, 6.45) is 2.64. The van der Waals surface area contributed by atoms with Gasteiger partial charge in [0.2, 0.25) is 0 Å². The highest BCUT2D eigenvalue weighted by molar-refractivity contribution is 7.13. The average molecular weight is 183 g/mol. The Balaban J connectivity index is 2.71. The van der Waals surface area contributed by atoms with E-state index >= 15 is 0 Å². The smallest absolute Gasteiger partial charge is 0.171 e. The maximum Gasteiger partial charge on any atom is 0.171 e. The average Bonchev–Trinajstić information content (AvgIpc) is 2.34. The summed E-state index contributed by atoms with van der Waals surface area (Å²) in [6.45, 7) is 5.87. The van der Waals surface area contributed by atoms with E-state index in [2.05, 4.69) is 18.8 Å². The molecule has 0 radical (unpaired) electrons. The monoisotopic (exact) mass is 183 g/mol. The van der Waals surface area contributed by atoms with Crippen molar-refractivity contribution in [3.05, 3.63) is 16.1 Å². The minimum absolute atomic E-state index is 0.113. The van der Waals surface area contributed by atoms with Gasteiger partial charge in [0.15, 0.2) is 5.78 Å². The van der Waals surface area contributed by atoms with Crippen LogP contribution < -0.4 is 0 Å². The van der Waals surface area contributed by atoms with Crippen LogP contribution in [0, 0.1) is 5.92 Å². The quantitative estimate of drug-likeness (QED) is 0.674. The van der Waals surface area contributed by atoms with E-state index in [0.717, 1.165) is 16.3 Å². The van der Waals surface area contributed by atoms with E-state index < -0.39 is 0 Å². The molecule has 0 unspecified atom stereocenters. The fourth-order valence-corrected chi connectivity index (χ4v) is 1.94. The number of carbonyl (C=O) groups excluding carboxylic acids is 1. The third-order valence-electron chi connectivity index (χ3n) is 1.48. The molecule has 0 fully saturated rings. The van der Waals surface area contributed by atoms with Crippen molar-refractivity contribution in [1.82, 2.24) is 4.98 Å². The second-order valence-electron chi connectivity index (χ2n) is 3.27. The summed E-state index contributed by atoms with van der Waals surface area (Å²) in [5.74, 6) is 0.721. The molecule has 0 saturated heterocycles. The van der Waals surface area contributed by atoms with Gasteiger partial charge in [0.1, 0.15) is 0 Å². The highest BCUT2D eigenvalue weighted by Crippen LogP contribution is 2.16. The van der Waals surface area contributed by atoms with E-state index in [9.17, 15) is 4.79 Å². The van der Waals surface area contributed by atoms with Crippen LogP contribution in [0.3, 0.4) is 0 Å². The molecular formula is C9H13NOS. The van der Waals surface area contributed by atoms with Gasteiger partial charge in [-0.15, -0.1) is 11.3 Å². The largest absolute Gasteiger partial charge is 0.294 e. The van der Waals surface area contributed by atoms with Crippen molar-refractivity contribution < 1.29 is 4.79 Å². The van der Waals surface area contributed by atoms with E-state index in [1.807, 2.05) is 0 Å². The molecule has 1 aromatic heterocycles. The number of rotatable bonds is 3. The molecule has 12 heavy (non-hydrogen) atoms. The number of carbonyl (C=O) groups is 1. The third kappa shape index (κ3) is 2.41. The molecule has 0 aromatic carbocycles. The Hall–Kier alpha value is -0.700. The molecule has 0 aliphatic carbocycles. The highest BCUT2D eigenvalue weighted by atomic mass is 32.1. The first-order valence-electron chi connectivity index (χ1n) is 4.05. The molecule has 1 aromatic rings. The van der Waals surface area contributed by atoms with Gasteiger partial charge in [-0.3, -0.25) is 4.79 Å². The van der Waals surface area contributed by atoms with Crippen molar-refractivity contribution in [2.45, 2.75) is 27.2 Å². The topological polar surface area (TPSA) is 30.0 Å². The second-order valence-corrected chi connectivity index (χ2v) is 4.39.